The van der Waals surface area contributed by atoms with Gasteiger partial charge in [-0.25, -0.2) is 0 Å². The predicted molar refractivity (Wildman–Crippen MR) is 135 cm³/mol. The molecule has 0 atom stereocenters. The molecular formula is C28H28N4O2. The van der Waals surface area contributed by atoms with Crippen molar-refractivity contribution >= 4 is 17.3 Å². The topological polar surface area (TPSA) is 71.3 Å². The zero-order valence-electron chi connectivity index (χ0n) is 19.5. The molecule has 2 heterocycles. The van der Waals surface area contributed by atoms with Crippen LogP contribution in [-0.2, 0) is 0 Å². The van der Waals surface area contributed by atoms with Gasteiger partial charge < -0.3 is 14.6 Å². The molecule has 1 N–H and O–H groups in total. The first kappa shape index (κ1) is 21.9. The minimum Gasteiger partial charge on any atom is -0.421 e. The van der Waals surface area contributed by atoms with Crippen molar-refractivity contribution in [2.45, 2.75) is 33.1 Å². The molecule has 0 spiro atoms. The third-order valence-electron chi connectivity index (χ3n) is 6.29. The number of aromatic nitrogens is 2. The molecule has 1 saturated heterocycles. The summed E-state index contributed by atoms with van der Waals surface area (Å²) in [6, 6.07) is 21.9. The van der Waals surface area contributed by atoms with Gasteiger partial charge in [0, 0.05) is 42.5 Å². The van der Waals surface area contributed by atoms with E-state index in [2.05, 4.69) is 32.5 Å². The molecule has 1 aromatic heterocycles. The number of nitrogens with zero attached hydrogens (tertiary/aromatic N) is 3. The highest BCUT2D eigenvalue weighted by Crippen LogP contribution is 2.28. The van der Waals surface area contributed by atoms with E-state index >= 15 is 0 Å². The largest absolute Gasteiger partial charge is 0.421 e. The summed E-state index contributed by atoms with van der Waals surface area (Å²) in [4.78, 5) is 15.5. The number of piperidine rings is 1. The Balaban J connectivity index is 1.35. The molecule has 5 rings (SSSR count). The van der Waals surface area contributed by atoms with Gasteiger partial charge in [-0.2, -0.15) is 0 Å². The Hall–Kier alpha value is -3.93. The number of nitrogens with one attached hydrogen (secondary N) is 1. The Kier molecular flexibility index (Phi) is 6.12. The first-order chi connectivity index (χ1) is 16.6. The van der Waals surface area contributed by atoms with Gasteiger partial charge in [0.2, 0.25) is 11.8 Å². The highest BCUT2D eigenvalue weighted by molar-refractivity contribution is 6.05. The summed E-state index contributed by atoms with van der Waals surface area (Å²) in [5, 5.41) is 11.0. The number of hydrogen-bond acceptors (Lipinski definition) is 5. The first-order valence-corrected chi connectivity index (χ1v) is 11.7. The molecule has 4 aromatic rings. The number of anilines is 2. The number of carbonyl (C=O) groups is 1. The average Bonchev–Trinajstić information content (AvgIpc) is 3.31. The Morgan fingerprint density at radius 3 is 2.38 bits per heavy atom. The van der Waals surface area contributed by atoms with Gasteiger partial charge in [0.1, 0.15) is 0 Å². The van der Waals surface area contributed by atoms with Gasteiger partial charge in [0.15, 0.2) is 0 Å². The lowest BCUT2D eigenvalue weighted by molar-refractivity contribution is 0.102. The fourth-order valence-corrected chi connectivity index (χ4v) is 4.42. The van der Waals surface area contributed by atoms with E-state index in [0.29, 0.717) is 17.3 Å². The molecule has 0 aliphatic carbocycles. The second kappa shape index (κ2) is 9.51. The van der Waals surface area contributed by atoms with E-state index < -0.39 is 0 Å². The van der Waals surface area contributed by atoms with Gasteiger partial charge in [-0.3, -0.25) is 4.79 Å². The van der Waals surface area contributed by atoms with Crippen molar-refractivity contribution in [3.8, 4) is 22.6 Å². The molecule has 0 saturated carbocycles. The van der Waals surface area contributed by atoms with Crippen molar-refractivity contribution in [2.24, 2.45) is 0 Å². The van der Waals surface area contributed by atoms with Crippen molar-refractivity contribution in [1.29, 1.82) is 0 Å². The fourth-order valence-electron chi connectivity index (χ4n) is 4.42. The quantitative estimate of drug-likeness (QED) is 0.387. The number of rotatable bonds is 5. The van der Waals surface area contributed by atoms with E-state index in [4.69, 9.17) is 4.42 Å². The highest BCUT2D eigenvalue weighted by Gasteiger charge is 2.14. The van der Waals surface area contributed by atoms with Gasteiger partial charge in [0.25, 0.3) is 5.91 Å². The van der Waals surface area contributed by atoms with E-state index in [-0.39, 0.29) is 5.91 Å². The van der Waals surface area contributed by atoms with Crippen LogP contribution in [0.3, 0.4) is 0 Å². The van der Waals surface area contributed by atoms with E-state index in [1.165, 1.54) is 24.9 Å². The Bertz CT molecular complexity index is 1300. The van der Waals surface area contributed by atoms with Gasteiger partial charge in [0.05, 0.1) is 0 Å². The second-order valence-corrected chi connectivity index (χ2v) is 8.79. The molecule has 0 bridgehead atoms. The van der Waals surface area contributed by atoms with E-state index in [9.17, 15) is 4.79 Å². The summed E-state index contributed by atoms with van der Waals surface area (Å²) in [6.07, 6.45) is 3.73. The fraction of sp³-hybridized carbons (Fsp3) is 0.250. The van der Waals surface area contributed by atoms with Crippen molar-refractivity contribution in [3.05, 3.63) is 83.7 Å². The number of amides is 1. The van der Waals surface area contributed by atoms with Crippen LogP contribution in [0.25, 0.3) is 22.6 Å². The Labute approximate surface area is 199 Å². The van der Waals surface area contributed by atoms with Crippen LogP contribution in [0.5, 0.6) is 0 Å². The number of benzene rings is 3. The monoisotopic (exact) mass is 452 g/mol. The highest BCUT2D eigenvalue weighted by atomic mass is 16.4. The molecule has 6 heteroatoms. The van der Waals surface area contributed by atoms with Crippen LogP contribution in [0.15, 0.2) is 71.1 Å². The van der Waals surface area contributed by atoms with Crippen LogP contribution in [-0.4, -0.2) is 29.2 Å². The maximum absolute atomic E-state index is 13.1. The molecule has 1 aliphatic heterocycles. The standard InChI is InChI=1S/C28H28N4O2/c1-19-9-10-23(17-26(19)21-11-13-22(14-12-21)28-31-30-20(2)34-28)27(33)29-24-7-6-8-25(18-24)32-15-4-3-5-16-32/h6-14,17-18H,3-5,15-16H2,1-2H3,(H,29,33). The molecule has 172 valence electrons. The molecule has 34 heavy (non-hydrogen) atoms. The molecule has 1 amide bonds. The molecule has 0 radical (unpaired) electrons. The van der Waals surface area contributed by atoms with Crippen molar-refractivity contribution in [2.75, 3.05) is 23.3 Å². The summed E-state index contributed by atoms with van der Waals surface area (Å²) >= 11 is 0. The summed E-state index contributed by atoms with van der Waals surface area (Å²) in [5.41, 5.74) is 6.62. The lowest BCUT2D eigenvalue weighted by Crippen LogP contribution is -2.29. The molecular weight excluding hydrogens is 424 g/mol. The van der Waals surface area contributed by atoms with Crippen molar-refractivity contribution in [3.63, 3.8) is 0 Å². The molecule has 3 aromatic carbocycles. The van der Waals surface area contributed by atoms with E-state index in [0.717, 1.165) is 41.0 Å². The Morgan fingerprint density at radius 2 is 1.65 bits per heavy atom. The maximum atomic E-state index is 13.1. The lowest BCUT2D eigenvalue weighted by atomic mass is 9.97. The second-order valence-electron chi connectivity index (χ2n) is 8.79. The number of carbonyl (C=O) groups excluding carboxylic acids is 1. The van der Waals surface area contributed by atoms with Crippen LogP contribution < -0.4 is 10.2 Å². The summed E-state index contributed by atoms with van der Waals surface area (Å²) in [7, 11) is 0. The maximum Gasteiger partial charge on any atom is 0.255 e. The van der Waals surface area contributed by atoms with Crippen LogP contribution in [0.4, 0.5) is 11.4 Å². The molecule has 0 unspecified atom stereocenters. The summed E-state index contributed by atoms with van der Waals surface area (Å²) in [6.45, 7) is 5.97. The van der Waals surface area contributed by atoms with Gasteiger partial charge in [-0.1, -0.05) is 24.3 Å². The van der Waals surface area contributed by atoms with Gasteiger partial charge >= 0.3 is 0 Å². The third kappa shape index (κ3) is 4.71. The molecule has 1 fully saturated rings. The zero-order chi connectivity index (χ0) is 23.5. The van der Waals surface area contributed by atoms with Crippen LogP contribution in [0, 0.1) is 13.8 Å². The summed E-state index contributed by atoms with van der Waals surface area (Å²) < 4.78 is 5.51. The zero-order valence-corrected chi connectivity index (χ0v) is 19.5. The molecule has 6 nitrogen and oxygen atoms in total. The summed E-state index contributed by atoms with van der Waals surface area (Å²) in [5.74, 6) is 0.922. The van der Waals surface area contributed by atoms with E-state index in [1.807, 2.05) is 61.5 Å². The number of hydrogen-bond donors (Lipinski definition) is 1. The SMILES string of the molecule is Cc1nnc(-c2ccc(-c3cc(C(=O)Nc4cccc(N5CCCCC5)c4)ccc3C)cc2)o1. The smallest absolute Gasteiger partial charge is 0.255 e. The van der Waals surface area contributed by atoms with Gasteiger partial charge in [-0.15, -0.1) is 10.2 Å². The minimum absolute atomic E-state index is 0.116. The van der Waals surface area contributed by atoms with Crippen molar-refractivity contribution in [1.82, 2.24) is 10.2 Å². The van der Waals surface area contributed by atoms with Crippen LogP contribution in [0.2, 0.25) is 0 Å². The Morgan fingerprint density at radius 1 is 0.882 bits per heavy atom. The van der Waals surface area contributed by atoms with Crippen LogP contribution in [0.1, 0.15) is 41.1 Å². The van der Waals surface area contributed by atoms with Crippen molar-refractivity contribution < 1.29 is 9.21 Å². The average molecular weight is 453 g/mol. The number of aryl methyl sites for hydroxylation is 2. The van der Waals surface area contributed by atoms with E-state index in [1.54, 1.807) is 6.92 Å². The predicted octanol–water partition coefficient (Wildman–Crippen LogP) is 6.26. The third-order valence-corrected chi connectivity index (χ3v) is 6.29. The molecule has 1 aliphatic rings. The normalized spacial score (nSPS) is 13.6. The van der Waals surface area contributed by atoms with Crippen LogP contribution >= 0.6 is 0 Å². The minimum atomic E-state index is -0.116. The van der Waals surface area contributed by atoms with Gasteiger partial charge in [-0.05, 0) is 85.3 Å². The lowest BCUT2D eigenvalue weighted by Gasteiger charge is -2.29. The first-order valence-electron chi connectivity index (χ1n) is 11.7.